The molecule has 2 aromatic carbocycles. The van der Waals surface area contributed by atoms with Gasteiger partial charge in [0, 0.05) is 39.6 Å². The average molecular weight is 452 g/mol. The first kappa shape index (κ1) is 23.1. The standard InChI is InChI=1S/C25H29N3O5/c1-18(29)28(20-8-4-3-5-9-20)33-17-19-12-13-26(16-23(19)32-2)14-15-27-24(30)21-10-6-7-11-22(21)25(27)31/h3-11,19,23H,12-17H2,1-2H3. The third-order valence-corrected chi connectivity index (χ3v) is 6.30. The van der Waals surface area contributed by atoms with Crippen LogP contribution in [-0.2, 0) is 14.4 Å². The van der Waals surface area contributed by atoms with Crippen LogP contribution in [0.5, 0.6) is 0 Å². The van der Waals surface area contributed by atoms with Gasteiger partial charge < -0.3 is 4.74 Å². The molecule has 33 heavy (non-hydrogen) atoms. The number of benzene rings is 2. The Bertz CT molecular complexity index is 977. The fourth-order valence-corrected chi connectivity index (χ4v) is 4.45. The first-order chi connectivity index (χ1) is 16.0. The highest BCUT2D eigenvalue weighted by Gasteiger charge is 2.36. The lowest BCUT2D eigenvalue weighted by molar-refractivity contribution is -0.126. The van der Waals surface area contributed by atoms with Crippen molar-refractivity contribution in [3.05, 3.63) is 65.7 Å². The third kappa shape index (κ3) is 4.98. The number of para-hydroxylation sites is 1. The van der Waals surface area contributed by atoms with Gasteiger partial charge in [0.15, 0.2) is 0 Å². The van der Waals surface area contributed by atoms with Gasteiger partial charge in [-0.25, -0.2) is 0 Å². The molecule has 4 rings (SSSR count). The summed E-state index contributed by atoms with van der Waals surface area (Å²) in [6.07, 6.45) is 0.742. The van der Waals surface area contributed by atoms with Crippen molar-refractivity contribution in [3.8, 4) is 0 Å². The van der Waals surface area contributed by atoms with E-state index >= 15 is 0 Å². The Hall–Kier alpha value is -3.07. The quantitative estimate of drug-likeness (QED) is 0.454. The van der Waals surface area contributed by atoms with Gasteiger partial charge in [-0.1, -0.05) is 30.3 Å². The second-order valence-corrected chi connectivity index (χ2v) is 8.38. The van der Waals surface area contributed by atoms with E-state index in [1.165, 1.54) is 16.9 Å². The number of likely N-dealkylation sites (tertiary alicyclic amines) is 1. The summed E-state index contributed by atoms with van der Waals surface area (Å²) in [6.45, 7) is 4.22. The predicted octanol–water partition coefficient (Wildman–Crippen LogP) is 2.60. The summed E-state index contributed by atoms with van der Waals surface area (Å²) in [4.78, 5) is 46.7. The molecule has 0 N–H and O–H groups in total. The van der Waals surface area contributed by atoms with Crippen molar-refractivity contribution in [2.24, 2.45) is 5.92 Å². The lowest BCUT2D eigenvalue weighted by atomic mass is 9.94. The van der Waals surface area contributed by atoms with Crippen LogP contribution in [0.2, 0.25) is 0 Å². The smallest absolute Gasteiger partial charge is 0.261 e. The van der Waals surface area contributed by atoms with Crippen LogP contribution in [-0.4, -0.2) is 73.5 Å². The van der Waals surface area contributed by atoms with Gasteiger partial charge >= 0.3 is 0 Å². The maximum Gasteiger partial charge on any atom is 0.261 e. The van der Waals surface area contributed by atoms with Gasteiger partial charge in [-0.05, 0) is 37.2 Å². The summed E-state index contributed by atoms with van der Waals surface area (Å²) in [5.41, 5.74) is 1.64. The first-order valence-corrected chi connectivity index (χ1v) is 11.2. The minimum absolute atomic E-state index is 0.0782. The van der Waals surface area contributed by atoms with Crippen LogP contribution in [0, 0.1) is 5.92 Å². The Morgan fingerprint density at radius 1 is 1.00 bits per heavy atom. The van der Waals surface area contributed by atoms with Crippen LogP contribution in [0.4, 0.5) is 5.69 Å². The van der Waals surface area contributed by atoms with Crippen LogP contribution < -0.4 is 5.06 Å². The molecule has 8 heteroatoms. The highest BCUT2D eigenvalue weighted by atomic mass is 16.7. The Morgan fingerprint density at radius 3 is 2.24 bits per heavy atom. The third-order valence-electron chi connectivity index (χ3n) is 6.30. The number of ether oxygens (including phenoxy) is 1. The van der Waals surface area contributed by atoms with Gasteiger partial charge in [0.25, 0.3) is 11.8 Å². The second-order valence-electron chi connectivity index (χ2n) is 8.38. The van der Waals surface area contributed by atoms with Gasteiger partial charge in [-0.15, -0.1) is 0 Å². The number of methoxy groups -OCH3 is 1. The lowest BCUT2D eigenvalue weighted by Crippen LogP contribution is -2.49. The number of carbonyl (C=O) groups is 3. The highest BCUT2D eigenvalue weighted by molar-refractivity contribution is 6.21. The topological polar surface area (TPSA) is 79.4 Å². The SMILES string of the molecule is COC1CN(CCN2C(=O)c3ccccc3C2=O)CCC1CON(C(C)=O)c1ccccc1. The fraction of sp³-hybridized carbons (Fsp3) is 0.400. The molecule has 2 heterocycles. The van der Waals surface area contributed by atoms with Crippen molar-refractivity contribution in [1.82, 2.24) is 9.80 Å². The molecule has 0 spiro atoms. The van der Waals surface area contributed by atoms with Crippen molar-refractivity contribution in [3.63, 3.8) is 0 Å². The van der Waals surface area contributed by atoms with E-state index in [1.54, 1.807) is 31.4 Å². The lowest BCUT2D eigenvalue weighted by Gasteiger charge is -2.38. The van der Waals surface area contributed by atoms with E-state index in [0.29, 0.717) is 43.1 Å². The Kier molecular flexibility index (Phi) is 7.17. The van der Waals surface area contributed by atoms with Crippen molar-refractivity contribution >= 4 is 23.4 Å². The summed E-state index contributed by atoms with van der Waals surface area (Å²) < 4.78 is 5.72. The molecule has 0 saturated carbocycles. The highest BCUT2D eigenvalue weighted by Crippen LogP contribution is 2.25. The molecule has 1 fully saturated rings. The fourth-order valence-electron chi connectivity index (χ4n) is 4.45. The van der Waals surface area contributed by atoms with E-state index in [-0.39, 0.29) is 29.7 Å². The molecule has 2 unspecified atom stereocenters. The summed E-state index contributed by atoms with van der Waals surface area (Å²) in [7, 11) is 1.67. The summed E-state index contributed by atoms with van der Waals surface area (Å²) >= 11 is 0. The van der Waals surface area contributed by atoms with E-state index in [1.807, 2.05) is 30.3 Å². The number of amides is 3. The zero-order chi connectivity index (χ0) is 23.4. The van der Waals surface area contributed by atoms with Crippen molar-refractivity contribution < 1.29 is 24.0 Å². The van der Waals surface area contributed by atoms with Gasteiger partial charge in [0.05, 0.1) is 29.5 Å². The summed E-state index contributed by atoms with van der Waals surface area (Å²) in [6, 6.07) is 16.2. The molecule has 3 amide bonds. The zero-order valence-electron chi connectivity index (χ0n) is 19.0. The van der Waals surface area contributed by atoms with E-state index in [9.17, 15) is 14.4 Å². The largest absolute Gasteiger partial charge is 0.380 e. The predicted molar refractivity (Wildman–Crippen MR) is 123 cm³/mol. The molecule has 2 aliphatic rings. The second kappa shape index (κ2) is 10.2. The summed E-state index contributed by atoms with van der Waals surface area (Å²) in [5, 5.41) is 1.32. The molecule has 0 bridgehead atoms. The number of nitrogens with zero attached hydrogens (tertiary/aromatic N) is 3. The van der Waals surface area contributed by atoms with Crippen LogP contribution in [0.1, 0.15) is 34.1 Å². The number of carbonyl (C=O) groups excluding carboxylic acids is 3. The van der Waals surface area contributed by atoms with Crippen molar-refractivity contribution in [2.75, 3.05) is 45.0 Å². The zero-order valence-corrected chi connectivity index (χ0v) is 19.0. The molecule has 0 aromatic heterocycles. The van der Waals surface area contributed by atoms with Gasteiger partial charge in [-0.3, -0.25) is 29.0 Å². The Morgan fingerprint density at radius 2 is 1.64 bits per heavy atom. The Labute approximate surface area is 193 Å². The van der Waals surface area contributed by atoms with Crippen LogP contribution in [0.3, 0.4) is 0 Å². The molecular formula is C25H29N3O5. The van der Waals surface area contributed by atoms with Crippen molar-refractivity contribution in [2.45, 2.75) is 19.4 Å². The average Bonchev–Trinajstić information content (AvgIpc) is 3.08. The number of hydroxylamine groups is 1. The van der Waals surface area contributed by atoms with Gasteiger partial charge in [0.2, 0.25) is 5.91 Å². The molecule has 2 aliphatic heterocycles. The van der Waals surface area contributed by atoms with Crippen LogP contribution >= 0.6 is 0 Å². The van der Waals surface area contributed by atoms with Gasteiger partial charge in [0.1, 0.15) is 0 Å². The molecule has 1 saturated heterocycles. The molecule has 0 aliphatic carbocycles. The van der Waals surface area contributed by atoms with E-state index in [4.69, 9.17) is 9.57 Å². The van der Waals surface area contributed by atoms with Crippen LogP contribution in [0.15, 0.2) is 54.6 Å². The number of rotatable bonds is 8. The first-order valence-electron chi connectivity index (χ1n) is 11.2. The minimum Gasteiger partial charge on any atom is -0.380 e. The summed E-state index contributed by atoms with van der Waals surface area (Å²) in [5.74, 6) is -0.524. The normalized spacial score (nSPS) is 20.7. The van der Waals surface area contributed by atoms with E-state index in [2.05, 4.69) is 4.90 Å². The number of piperidine rings is 1. The number of hydrogen-bond donors (Lipinski definition) is 0. The van der Waals surface area contributed by atoms with Crippen molar-refractivity contribution in [1.29, 1.82) is 0 Å². The number of hydrogen-bond acceptors (Lipinski definition) is 6. The molecule has 174 valence electrons. The van der Waals surface area contributed by atoms with Gasteiger partial charge in [-0.2, -0.15) is 5.06 Å². The number of fused-ring (bicyclic) bond motifs is 1. The van der Waals surface area contributed by atoms with E-state index in [0.717, 1.165) is 13.0 Å². The molecule has 8 nitrogen and oxygen atoms in total. The molecular weight excluding hydrogens is 422 g/mol. The number of anilines is 1. The van der Waals surface area contributed by atoms with Crippen LogP contribution in [0.25, 0.3) is 0 Å². The molecule has 2 atom stereocenters. The monoisotopic (exact) mass is 451 g/mol. The number of imide groups is 1. The maximum atomic E-state index is 12.6. The van der Waals surface area contributed by atoms with E-state index < -0.39 is 0 Å². The molecule has 0 radical (unpaired) electrons. The maximum absolute atomic E-state index is 12.6. The Balaban J connectivity index is 1.30. The molecule has 2 aromatic rings. The minimum atomic E-state index is -0.229.